The molecule has 0 saturated heterocycles. The molecule has 0 radical (unpaired) electrons. The van der Waals surface area contributed by atoms with E-state index in [4.69, 9.17) is 5.73 Å². The molecule has 0 heterocycles. The summed E-state index contributed by atoms with van der Waals surface area (Å²) in [5, 5.41) is 26.1. The average molecular weight is 350 g/mol. The van der Waals surface area contributed by atoms with Crippen LogP contribution in [0, 0.1) is 29.6 Å². The monoisotopic (exact) mass is 349 g/mol. The highest BCUT2D eigenvalue weighted by Gasteiger charge is 2.62. The van der Waals surface area contributed by atoms with Crippen LogP contribution in [0.1, 0.15) is 52.4 Å². The molecular weight excluding hydrogens is 314 g/mol. The molecule has 25 heavy (non-hydrogen) atoms. The van der Waals surface area contributed by atoms with Gasteiger partial charge in [-0.1, -0.05) is 12.2 Å². The maximum absolute atomic E-state index is 11.6. The standard InChI is InChI=1S/C20H35N3O2/c1-12(2)15-11-13-5-6-14(15)17-16(19(13,3)24)7-8-20(17,25)9-10-23-18(21)22-4/h13-17,24-25H,1,5-11H2,2-4H3,(H3,21,22,23). The first-order valence-corrected chi connectivity index (χ1v) is 9.77. The van der Waals surface area contributed by atoms with Crippen molar-refractivity contribution in [1.29, 1.82) is 0 Å². The molecule has 0 amide bonds. The lowest BCUT2D eigenvalue weighted by atomic mass is 9.65. The fourth-order valence-electron chi connectivity index (χ4n) is 6.28. The van der Waals surface area contributed by atoms with Crippen LogP contribution in [0.15, 0.2) is 17.1 Å². The first kappa shape index (κ1) is 18.7. The second kappa shape index (κ2) is 6.58. The third-order valence-corrected chi connectivity index (χ3v) is 7.62. The van der Waals surface area contributed by atoms with Crippen molar-refractivity contribution in [3.63, 3.8) is 0 Å². The number of aliphatic hydroxyl groups is 2. The van der Waals surface area contributed by atoms with Gasteiger partial charge >= 0.3 is 0 Å². The van der Waals surface area contributed by atoms with Crippen LogP contribution in [0.3, 0.4) is 0 Å². The Morgan fingerprint density at radius 2 is 2.04 bits per heavy atom. The molecule has 2 bridgehead atoms. The summed E-state index contributed by atoms with van der Waals surface area (Å²) in [6, 6.07) is 0. The van der Waals surface area contributed by atoms with E-state index in [0.717, 1.165) is 32.1 Å². The zero-order chi connectivity index (χ0) is 18.4. The highest BCUT2D eigenvalue weighted by molar-refractivity contribution is 5.77. The van der Waals surface area contributed by atoms with Crippen molar-refractivity contribution in [2.45, 2.75) is 63.6 Å². The van der Waals surface area contributed by atoms with E-state index in [9.17, 15) is 10.2 Å². The first-order chi connectivity index (χ1) is 11.7. The Morgan fingerprint density at radius 3 is 2.68 bits per heavy atom. The summed E-state index contributed by atoms with van der Waals surface area (Å²) in [5.74, 6) is 1.89. The summed E-state index contributed by atoms with van der Waals surface area (Å²) in [4.78, 5) is 3.92. The van der Waals surface area contributed by atoms with Crippen LogP contribution in [0.4, 0.5) is 0 Å². The van der Waals surface area contributed by atoms with Gasteiger partial charge in [-0.25, -0.2) is 0 Å². The number of hydrogen-bond donors (Lipinski definition) is 4. The molecule has 5 nitrogen and oxygen atoms in total. The largest absolute Gasteiger partial charge is 0.390 e. The van der Waals surface area contributed by atoms with E-state index >= 15 is 0 Å². The van der Waals surface area contributed by atoms with E-state index < -0.39 is 11.2 Å². The molecule has 7 atom stereocenters. The van der Waals surface area contributed by atoms with Gasteiger partial charge in [0.05, 0.1) is 11.2 Å². The molecule has 5 heteroatoms. The van der Waals surface area contributed by atoms with E-state index in [1.54, 1.807) is 7.05 Å². The van der Waals surface area contributed by atoms with Crippen LogP contribution in [0.2, 0.25) is 0 Å². The quantitative estimate of drug-likeness (QED) is 0.355. The Kier molecular flexibility index (Phi) is 4.93. The Morgan fingerprint density at radius 1 is 1.32 bits per heavy atom. The van der Waals surface area contributed by atoms with E-state index in [1.807, 2.05) is 6.92 Å². The predicted molar refractivity (Wildman–Crippen MR) is 101 cm³/mol. The van der Waals surface area contributed by atoms with Gasteiger partial charge in [0.15, 0.2) is 5.96 Å². The number of nitrogens with one attached hydrogen (secondary N) is 1. The normalized spacial score (nSPS) is 46.6. The third-order valence-electron chi connectivity index (χ3n) is 7.62. The van der Waals surface area contributed by atoms with Crippen molar-refractivity contribution in [3.05, 3.63) is 12.2 Å². The van der Waals surface area contributed by atoms with Crippen LogP contribution in [-0.4, -0.2) is 41.0 Å². The molecule has 4 aliphatic carbocycles. The SMILES string of the molecule is C=C(C)C1CC2CCC1C1C(CCC1(O)CCNC(N)=NC)C2(C)O. The number of nitrogens with zero attached hydrogens (tertiary/aromatic N) is 1. The molecule has 0 aromatic heterocycles. The highest BCUT2D eigenvalue weighted by atomic mass is 16.3. The minimum absolute atomic E-state index is 0.137. The van der Waals surface area contributed by atoms with Crippen LogP contribution >= 0.6 is 0 Å². The van der Waals surface area contributed by atoms with E-state index in [2.05, 4.69) is 23.8 Å². The van der Waals surface area contributed by atoms with E-state index in [0.29, 0.717) is 36.7 Å². The zero-order valence-electron chi connectivity index (χ0n) is 16.0. The first-order valence-electron chi connectivity index (χ1n) is 9.77. The topological polar surface area (TPSA) is 90.9 Å². The van der Waals surface area contributed by atoms with Crippen LogP contribution in [-0.2, 0) is 0 Å². The van der Waals surface area contributed by atoms with Gasteiger partial charge in [0, 0.05) is 13.6 Å². The molecule has 4 saturated carbocycles. The van der Waals surface area contributed by atoms with Crippen molar-refractivity contribution < 1.29 is 10.2 Å². The molecule has 0 spiro atoms. The van der Waals surface area contributed by atoms with Crippen LogP contribution in [0.25, 0.3) is 0 Å². The molecule has 5 N–H and O–H groups in total. The summed E-state index contributed by atoms with van der Waals surface area (Å²) in [5.41, 5.74) is 5.51. The van der Waals surface area contributed by atoms with Gasteiger partial charge < -0.3 is 21.3 Å². The van der Waals surface area contributed by atoms with Crippen LogP contribution < -0.4 is 11.1 Å². The second-order valence-corrected chi connectivity index (χ2v) is 8.91. The maximum Gasteiger partial charge on any atom is 0.188 e. The fourth-order valence-corrected chi connectivity index (χ4v) is 6.28. The number of nitrogens with two attached hydrogens (primary N) is 1. The number of fused-ring (bicyclic) bond motifs is 2. The molecule has 4 aliphatic rings. The van der Waals surface area contributed by atoms with E-state index in [1.165, 1.54) is 5.57 Å². The zero-order valence-corrected chi connectivity index (χ0v) is 16.0. The minimum atomic E-state index is -0.743. The van der Waals surface area contributed by atoms with Crippen molar-refractivity contribution in [3.8, 4) is 0 Å². The van der Waals surface area contributed by atoms with Crippen molar-refractivity contribution >= 4 is 5.96 Å². The molecular formula is C20H35N3O2. The third kappa shape index (κ3) is 3.10. The van der Waals surface area contributed by atoms with Crippen LogP contribution in [0.5, 0.6) is 0 Å². The average Bonchev–Trinajstić information content (AvgIpc) is 2.82. The van der Waals surface area contributed by atoms with Gasteiger partial charge in [-0.2, -0.15) is 0 Å². The fraction of sp³-hybridized carbons (Fsp3) is 0.850. The van der Waals surface area contributed by atoms with E-state index in [-0.39, 0.29) is 11.8 Å². The number of aliphatic imine (C=N–C) groups is 1. The predicted octanol–water partition coefficient (Wildman–Crippen LogP) is 2.04. The lowest BCUT2D eigenvalue weighted by Crippen LogP contribution is -2.47. The van der Waals surface area contributed by atoms with Gasteiger partial charge in [0.2, 0.25) is 0 Å². The molecule has 0 aromatic rings. The molecule has 0 aromatic carbocycles. The summed E-state index contributed by atoms with van der Waals surface area (Å²) in [6.45, 7) is 8.98. The Bertz CT molecular complexity index is 559. The summed E-state index contributed by atoms with van der Waals surface area (Å²) in [6.07, 6.45) is 5.48. The van der Waals surface area contributed by atoms with Gasteiger partial charge in [-0.3, -0.25) is 4.99 Å². The number of hydrogen-bond acceptors (Lipinski definition) is 3. The van der Waals surface area contributed by atoms with Gasteiger partial charge in [0.25, 0.3) is 0 Å². The molecule has 4 fully saturated rings. The smallest absolute Gasteiger partial charge is 0.188 e. The second-order valence-electron chi connectivity index (χ2n) is 8.91. The maximum atomic E-state index is 11.6. The van der Waals surface area contributed by atoms with Crippen molar-refractivity contribution in [1.82, 2.24) is 5.32 Å². The Hall–Kier alpha value is -1.07. The minimum Gasteiger partial charge on any atom is -0.390 e. The number of rotatable bonds is 4. The van der Waals surface area contributed by atoms with Gasteiger partial charge in [-0.05, 0) is 82.0 Å². The van der Waals surface area contributed by atoms with Crippen molar-refractivity contribution in [2.24, 2.45) is 40.3 Å². The Balaban J connectivity index is 1.87. The lowest BCUT2D eigenvalue weighted by Gasteiger charge is -2.42. The summed E-state index contributed by atoms with van der Waals surface area (Å²) in [7, 11) is 1.65. The number of guanidine groups is 1. The molecule has 142 valence electrons. The Labute approximate surface area is 151 Å². The van der Waals surface area contributed by atoms with Gasteiger partial charge in [0.1, 0.15) is 0 Å². The van der Waals surface area contributed by atoms with Gasteiger partial charge in [-0.15, -0.1) is 0 Å². The summed E-state index contributed by atoms with van der Waals surface area (Å²) < 4.78 is 0. The lowest BCUT2D eigenvalue weighted by molar-refractivity contribution is -0.0854. The number of allylic oxidation sites excluding steroid dienone is 1. The highest BCUT2D eigenvalue weighted by Crippen LogP contribution is 2.62. The molecule has 7 unspecified atom stereocenters. The molecule has 0 aliphatic heterocycles. The summed E-state index contributed by atoms with van der Waals surface area (Å²) >= 11 is 0. The molecule has 4 rings (SSSR count). The van der Waals surface area contributed by atoms with Crippen molar-refractivity contribution in [2.75, 3.05) is 13.6 Å².